The van der Waals surface area contributed by atoms with Crippen molar-refractivity contribution in [2.45, 2.75) is 63.7 Å². The Balaban J connectivity index is 2.01. The van der Waals surface area contributed by atoms with Gasteiger partial charge in [0.05, 0.1) is 6.04 Å². The van der Waals surface area contributed by atoms with E-state index in [1.54, 1.807) is 0 Å². The third kappa shape index (κ3) is 6.33. The standard InChI is InChI=1S/C20H34N4O/c1-19(2)12-16(13-20(3,4)23-19)21-18(25)22-17(14-24(5)6)15-10-8-7-9-11-15/h7-11,16-17,23H,12-14H2,1-6H3,(H2,21,22,25). The summed E-state index contributed by atoms with van der Waals surface area (Å²) in [4.78, 5) is 14.7. The van der Waals surface area contributed by atoms with Crippen molar-refractivity contribution in [2.24, 2.45) is 0 Å². The van der Waals surface area contributed by atoms with E-state index in [0.717, 1.165) is 24.9 Å². The molecule has 0 saturated carbocycles. The number of rotatable bonds is 5. The molecule has 140 valence electrons. The lowest BCUT2D eigenvalue weighted by Crippen LogP contribution is -2.62. The zero-order valence-corrected chi connectivity index (χ0v) is 16.5. The summed E-state index contributed by atoms with van der Waals surface area (Å²) in [5.41, 5.74) is 1.15. The van der Waals surface area contributed by atoms with E-state index >= 15 is 0 Å². The zero-order valence-electron chi connectivity index (χ0n) is 16.5. The van der Waals surface area contributed by atoms with Crippen LogP contribution in [0.5, 0.6) is 0 Å². The number of piperidine rings is 1. The maximum Gasteiger partial charge on any atom is 0.315 e. The number of nitrogens with one attached hydrogen (secondary N) is 3. The van der Waals surface area contributed by atoms with Gasteiger partial charge in [-0.3, -0.25) is 0 Å². The molecule has 0 radical (unpaired) electrons. The van der Waals surface area contributed by atoms with Gasteiger partial charge in [-0.25, -0.2) is 4.79 Å². The smallest absolute Gasteiger partial charge is 0.315 e. The largest absolute Gasteiger partial charge is 0.335 e. The Morgan fingerprint density at radius 2 is 1.72 bits per heavy atom. The fourth-order valence-electron chi connectivity index (χ4n) is 4.09. The van der Waals surface area contributed by atoms with Gasteiger partial charge < -0.3 is 20.9 Å². The summed E-state index contributed by atoms with van der Waals surface area (Å²) < 4.78 is 0. The molecule has 5 heteroatoms. The van der Waals surface area contributed by atoms with E-state index in [1.165, 1.54) is 0 Å². The van der Waals surface area contributed by atoms with Gasteiger partial charge in [-0.2, -0.15) is 0 Å². The van der Waals surface area contributed by atoms with Crippen LogP contribution in [0, 0.1) is 0 Å². The van der Waals surface area contributed by atoms with Crippen molar-refractivity contribution >= 4 is 6.03 Å². The normalized spacial score (nSPS) is 20.9. The molecule has 3 N–H and O–H groups in total. The number of hydrogen-bond acceptors (Lipinski definition) is 3. The number of urea groups is 1. The number of carbonyl (C=O) groups is 1. The average Bonchev–Trinajstić information content (AvgIpc) is 2.43. The molecular formula is C20H34N4O. The van der Waals surface area contributed by atoms with E-state index in [-0.39, 0.29) is 29.2 Å². The molecular weight excluding hydrogens is 312 g/mol. The zero-order chi connectivity index (χ0) is 18.7. The molecule has 1 unspecified atom stereocenters. The highest BCUT2D eigenvalue weighted by molar-refractivity contribution is 5.75. The number of carbonyl (C=O) groups excluding carboxylic acids is 1. The van der Waals surface area contributed by atoms with Crippen LogP contribution in [0.15, 0.2) is 30.3 Å². The van der Waals surface area contributed by atoms with Crippen LogP contribution in [0.1, 0.15) is 52.1 Å². The number of benzene rings is 1. The van der Waals surface area contributed by atoms with Gasteiger partial charge in [0.2, 0.25) is 0 Å². The third-order valence-electron chi connectivity index (χ3n) is 4.58. The van der Waals surface area contributed by atoms with Crippen LogP contribution in [-0.2, 0) is 0 Å². The first-order chi connectivity index (χ1) is 11.6. The number of nitrogens with zero attached hydrogens (tertiary/aromatic N) is 1. The first-order valence-corrected chi connectivity index (χ1v) is 9.12. The Morgan fingerprint density at radius 1 is 1.16 bits per heavy atom. The van der Waals surface area contributed by atoms with E-state index in [9.17, 15) is 4.79 Å². The Kier molecular flexibility index (Phi) is 6.12. The van der Waals surface area contributed by atoms with E-state index in [4.69, 9.17) is 0 Å². The molecule has 2 rings (SSSR count). The third-order valence-corrected chi connectivity index (χ3v) is 4.58. The summed E-state index contributed by atoms with van der Waals surface area (Å²) in [6.07, 6.45) is 1.85. The van der Waals surface area contributed by atoms with Gasteiger partial charge in [-0.05, 0) is 60.2 Å². The van der Waals surface area contributed by atoms with E-state index in [1.807, 2.05) is 32.3 Å². The lowest BCUT2D eigenvalue weighted by Gasteiger charge is -2.46. The number of likely N-dealkylation sites (N-methyl/N-ethyl adjacent to an activating group) is 1. The minimum atomic E-state index is -0.0887. The minimum absolute atomic E-state index is 0.0160. The summed E-state index contributed by atoms with van der Waals surface area (Å²) in [6, 6.07) is 10.2. The van der Waals surface area contributed by atoms with Crippen molar-refractivity contribution < 1.29 is 4.79 Å². The molecule has 5 nitrogen and oxygen atoms in total. The fraction of sp³-hybridized carbons (Fsp3) is 0.650. The van der Waals surface area contributed by atoms with Crippen molar-refractivity contribution in [3.63, 3.8) is 0 Å². The fourth-order valence-corrected chi connectivity index (χ4v) is 4.09. The second-order valence-electron chi connectivity index (χ2n) is 8.84. The molecule has 25 heavy (non-hydrogen) atoms. The molecule has 0 bridgehead atoms. The molecule has 1 atom stereocenters. The molecule has 1 aliphatic heterocycles. The van der Waals surface area contributed by atoms with E-state index in [2.05, 4.69) is 60.7 Å². The summed E-state index contributed by atoms with van der Waals surface area (Å²) >= 11 is 0. The molecule has 1 fully saturated rings. The summed E-state index contributed by atoms with van der Waals surface area (Å²) in [5, 5.41) is 10.00. The van der Waals surface area contributed by atoms with Crippen molar-refractivity contribution in [1.82, 2.24) is 20.9 Å². The van der Waals surface area contributed by atoms with E-state index < -0.39 is 0 Å². The van der Waals surface area contributed by atoms with Gasteiger partial charge in [0.1, 0.15) is 0 Å². The van der Waals surface area contributed by atoms with Crippen LogP contribution in [0.4, 0.5) is 4.79 Å². The first-order valence-electron chi connectivity index (χ1n) is 9.12. The van der Waals surface area contributed by atoms with Gasteiger partial charge in [0.15, 0.2) is 0 Å². The second kappa shape index (κ2) is 7.75. The Hall–Kier alpha value is -1.59. The minimum Gasteiger partial charge on any atom is -0.335 e. The quantitative estimate of drug-likeness (QED) is 0.768. The molecule has 1 heterocycles. The second-order valence-corrected chi connectivity index (χ2v) is 8.84. The van der Waals surface area contributed by atoms with Crippen molar-refractivity contribution in [3.05, 3.63) is 35.9 Å². The predicted molar refractivity (Wildman–Crippen MR) is 104 cm³/mol. The highest BCUT2D eigenvalue weighted by Gasteiger charge is 2.38. The number of hydrogen-bond donors (Lipinski definition) is 3. The van der Waals surface area contributed by atoms with Crippen LogP contribution in [0.2, 0.25) is 0 Å². The van der Waals surface area contributed by atoms with Crippen molar-refractivity contribution in [3.8, 4) is 0 Å². The van der Waals surface area contributed by atoms with Crippen LogP contribution in [0.3, 0.4) is 0 Å². The van der Waals surface area contributed by atoms with Crippen LogP contribution >= 0.6 is 0 Å². The van der Waals surface area contributed by atoms with Crippen molar-refractivity contribution in [1.29, 1.82) is 0 Å². The Labute approximate surface area is 152 Å². The summed E-state index contributed by atoms with van der Waals surface area (Å²) in [5.74, 6) is 0. The van der Waals surface area contributed by atoms with Gasteiger partial charge in [0, 0.05) is 23.7 Å². The Bertz CT molecular complexity index is 552. The maximum atomic E-state index is 12.6. The average molecular weight is 347 g/mol. The highest BCUT2D eigenvalue weighted by Crippen LogP contribution is 2.28. The molecule has 0 aromatic heterocycles. The SMILES string of the molecule is CN(C)CC(NC(=O)NC1CC(C)(C)NC(C)(C)C1)c1ccccc1. The monoisotopic (exact) mass is 346 g/mol. The summed E-state index contributed by atoms with van der Waals surface area (Å²) in [6.45, 7) is 9.54. The maximum absolute atomic E-state index is 12.6. The summed E-state index contributed by atoms with van der Waals surface area (Å²) in [7, 11) is 4.04. The lowest BCUT2D eigenvalue weighted by molar-refractivity contribution is 0.146. The van der Waals surface area contributed by atoms with Crippen LogP contribution in [0.25, 0.3) is 0 Å². The molecule has 1 aromatic carbocycles. The van der Waals surface area contributed by atoms with Gasteiger partial charge in [-0.15, -0.1) is 0 Å². The molecule has 0 spiro atoms. The molecule has 2 amide bonds. The van der Waals surface area contributed by atoms with Gasteiger partial charge >= 0.3 is 6.03 Å². The Morgan fingerprint density at radius 3 is 2.24 bits per heavy atom. The lowest BCUT2D eigenvalue weighted by atomic mass is 9.80. The first kappa shape index (κ1) is 19.7. The van der Waals surface area contributed by atoms with Gasteiger partial charge in [-0.1, -0.05) is 30.3 Å². The van der Waals surface area contributed by atoms with Gasteiger partial charge in [0.25, 0.3) is 0 Å². The predicted octanol–water partition coefficient (Wildman–Crippen LogP) is 2.90. The molecule has 1 aliphatic rings. The topological polar surface area (TPSA) is 56.4 Å². The molecule has 0 aliphatic carbocycles. The van der Waals surface area contributed by atoms with Crippen LogP contribution in [-0.4, -0.2) is 48.7 Å². The van der Waals surface area contributed by atoms with Crippen LogP contribution < -0.4 is 16.0 Å². The molecule has 1 saturated heterocycles. The van der Waals surface area contributed by atoms with E-state index in [0.29, 0.717) is 0 Å². The molecule has 1 aromatic rings. The van der Waals surface area contributed by atoms with Crippen molar-refractivity contribution in [2.75, 3.05) is 20.6 Å². The number of amides is 2. The highest BCUT2D eigenvalue weighted by atomic mass is 16.2.